The van der Waals surface area contributed by atoms with Gasteiger partial charge in [0.1, 0.15) is 0 Å². The molecule has 5 heteroatoms. The normalized spacial score (nSPS) is 16.3. The van der Waals surface area contributed by atoms with E-state index in [2.05, 4.69) is 15.4 Å². The fraction of sp³-hybridized carbons (Fsp3) is 0.500. The molecule has 78 valence electrons. The standard InChI is InChI=1S/C10H10ClN3Se/c11-9-8-6-4-2-1-3-5-7(6)15-10(8)13-14-12-9/h1-5H2. The van der Waals surface area contributed by atoms with Crippen molar-refractivity contribution in [3.05, 3.63) is 15.2 Å². The van der Waals surface area contributed by atoms with Crippen molar-refractivity contribution < 1.29 is 0 Å². The summed E-state index contributed by atoms with van der Waals surface area (Å²) in [5.74, 6) is 0. The molecule has 2 aromatic heterocycles. The molecule has 0 aliphatic heterocycles. The number of halogens is 1. The molecule has 0 aromatic carbocycles. The molecule has 0 unspecified atom stereocenters. The van der Waals surface area contributed by atoms with Gasteiger partial charge in [-0.3, -0.25) is 0 Å². The molecule has 1 aliphatic carbocycles. The zero-order chi connectivity index (χ0) is 10.3. The Morgan fingerprint density at radius 3 is 2.87 bits per heavy atom. The van der Waals surface area contributed by atoms with Crippen molar-refractivity contribution in [3.8, 4) is 0 Å². The van der Waals surface area contributed by atoms with Crippen LogP contribution in [-0.2, 0) is 12.8 Å². The van der Waals surface area contributed by atoms with Crippen molar-refractivity contribution in [1.82, 2.24) is 15.4 Å². The number of hydrogen-bond acceptors (Lipinski definition) is 3. The molecule has 0 saturated carbocycles. The average Bonchev–Trinajstić information content (AvgIpc) is 2.43. The van der Waals surface area contributed by atoms with Crippen molar-refractivity contribution in [3.63, 3.8) is 0 Å². The summed E-state index contributed by atoms with van der Waals surface area (Å²) in [6.07, 6.45) is 6.29. The van der Waals surface area contributed by atoms with Crippen LogP contribution in [0.5, 0.6) is 0 Å². The predicted molar refractivity (Wildman–Crippen MR) is 60.5 cm³/mol. The van der Waals surface area contributed by atoms with E-state index < -0.39 is 0 Å². The van der Waals surface area contributed by atoms with E-state index in [4.69, 9.17) is 11.6 Å². The molecule has 1 aliphatic rings. The monoisotopic (exact) mass is 287 g/mol. The van der Waals surface area contributed by atoms with E-state index in [-0.39, 0.29) is 0 Å². The molecule has 3 rings (SSSR count). The van der Waals surface area contributed by atoms with Crippen molar-refractivity contribution >= 4 is 35.9 Å². The Morgan fingerprint density at radius 2 is 1.93 bits per heavy atom. The third-order valence-electron chi connectivity index (χ3n) is 2.88. The summed E-state index contributed by atoms with van der Waals surface area (Å²) in [7, 11) is 0. The molecule has 0 fully saturated rings. The van der Waals surface area contributed by atoms with Crippen molar-refractivity contribution in [2.75, 3.05) is 0 Å². The van der Waals surface area contributed by atoms with Crippen LogP contribution in [-0.4, -0.2) is 29.9 Å². The summed E-state index contributed by atoms with van der Waals surface area (Å²) in [5, 5.41) is 13.3. The van der Waals surface area contributed by atoms with E-state index >= 15 is 0 Å². The third-order valence-corrected chi connectivity index (χ3v) is 5.61. The Bertz CT molecular complexity index is 509. The maximum absolute atomic E-state index is 6.11. The van der Waals surface area contributed by atoms with Gasteiger partial charge < -0.3 is 0 Å². The number of nitrogens with zero attached hydrogens (tertiary/aromatic N) is 3. The first-order valence-electron chi connectivity index (χ1n) is 5.15. The van der Waals surface area contributed by atoms with Gasteiger partial charge in [-0.1, -0.05) is 0 Å². The number of aromatic nitrogens is 3. The summed E-state index contributed by atoms with van der Waals surface area (Å²) in [5.41, 5.74) is 1.44. The number of fused-ring (bicyclic) bond motifs is 3. The Balaban J connectivity index is 2.29. The first-order valence-corrected chi connectivity index (χ1v) is 7.24. The van der Waals surface area contributed by atoms with Crippen LogP contribution in [0.25, 0.3) is 9.78 Å². The second-order valence-electron chi connectivity index (χ2n) is 3.82. The van der Waals surface area contributed by atoms with E-state index in [9.17, 15) is 0 Å². The first kappa shape index (κ1) is 9.76. The molecule has 2 aromatic rings. The topological polar surface area (TPSA) is 38.7 Å². The Hall–Kier alpha value is -0.441. The fourth-order valence-corrected chi connectivity index (χ4v) is 5.06. The van der Waals surface area contributed by atoms with Gasteiger partial charge in [0.25, 0.3) is 0 Å². The summed E-state index contributed by atoms with van der Waals surface area (Å²) in [6.45, 7) is 0. The van der Waals surface area contributed by atoms with E-state index in [0.29, 0.717) is 19.7 Å². The van der Waals surface area contributed by atoms with Crippen molar-refractivity contribution in [2.24, 2.45) is 0 Å². The van der Waals surface area contributed by atoms with Gasteiger partial charge in [-0.25, -0.2) is 0 Å². The summed E-state index contributed by atoms with van der Waals surface area (Å²) >= 11 is 6.46. The van der Waals surface area contributed by atoms with Gasteiger partial charge in [-0.05, 0) is 0 Å². The van der Waals surface area contributed by atoms with E-state index in [1.807, 2.05) is 0 Å². The average molecular weight is 287 g/mol. The van der Waals surface area contributed by atoms with Gasteiger partial charge in [0.15, 0.2) is 0 Å². The zero-order valence-electron chi connectivity index (χ0n) is 8.16. The first-order chi connectivity index (χ1) is 7.36. The molecule has 15 heavy (non-hydrogen) atoms. The van der Waals surface area contributed by atoms with E-state index in [0.717, 1.165) is 16.2 Å². The molecule has 0 radical (unpaired) electrons. The van der Waals surface area contributed by atoms with Gasteiger partial charge in [-0.2, -0.15) is 0 Å². The van der Waals surface area contributed by atoms with E-state index in [1.54, 1.807) is 4.44 Å². The van der Waals surface area contributed by atoms with Gasteiger partial charge in [0.05, 0.1) is 0 Å². The summed E-state index contributed by atoms with van der Waals surface area (Å²) < 4.78 is 2.67. The summed E-state index contributed by atoms with van der Waals surface area (Å²) in [6, 6.07) is 0. The Labute approximate surface area is 98.6 Å². The molecule has 3 nitrogen and oxygen atoms in total. The molecule has 0 amide bonds. The minimum absolute atomic E-state index is 0.356. The number of hydrogen-bond donors (Lipinski definition) is 0. The zero-order valence-corrected chi connectivity index (χ0v) is 10.6. The van der Waals surface area contributed by atoms with E-state index in [1.165, 1.54) is 31.2 Å². The molecular formula is C10H10ClN3Se. The molecule has 0 bridgehead atoms. The van der Waals surface area contributed by atoms with Crippen LogP contribution in [0.15, 0.2) is 0 Å². The number of rotatable bonds is 0. The van der Waals surface area contributed by atoms with Crippen LogP contribution in [0.3, 0.4) is 0 Å². The molecule has 0 N–H and O–H groups in total. The SMILES string of the molecule is Clc1nnnc2[se]c3c(c12)CCCCC3. The van der Waals surface area contributed by atoms with Crippen molar-refractivity contribution in [1.29, 1.82) is 0 Å². The molecule has 2 heterocycles. The Morgan fingerprint density at radius 1 is 1.07 bits per heavy atom. The van der Waals surface area contributed by atoms with Gasteiger partial charge >= 0.3 is 98.6 Å². The van der Waals surface area contributed by atoms with Crippen LogP contribution in [0, 0.1) is 0 Å². The van der Waals surface area contributed by atoms with Crippen LogP contribution in [0.2, 0.25) is 5.15 Å². The molecule has 0 atom stereocenters. The Kier molecular flexibility index (Phi) is 2.51. The van der Waals surface area contributed by atoms with Gasteiger partial charge in [0, 0.05) is 0 Å². The molecule has 0 spiro atoms. The predicted octanol–water partition coefficient (Wildman–Crippen LogP) is 2.00. The fourth-order valence-electron chi connectivity index (χ4n) is 2.16. The second-order valence-corrected chi connectivity index (χ2v) is 6.46. The van der Waals surface area contributed by atoms with Gasteiger partial charge in [-0.15, -0.1) is 0 Å². The minimum atomic E-state index is 0.356. The van der Waals surface area contributed by atoms with Crippen LogP contribution < -0.4 is 0 Å². The number of aryl methyl sites for hydroxylation is 2. The summed E-state index contributed by atoms with van der Waals surface area (Å²) in [4.78, 5) is 0. The van der Waals surface area contributed by atoms with Crippen molar-refractivity contribution in [2.45, 2.75) is 32.1 Å². The van der Waals surface area contributed by atoms with Gasteiger partial charge in [0.2, 0.25) is 0 Å². The van der Waals surface area contributed by atoms with Crippen LogP contribution in [0.4, 0.5) is 0 Å². The molecule has 0 saturated heterocycles. The third kappa shape index (κ3) is 1.61. The van der Waals surface area contributed by atoms with Crippen LogP contribution in [0.1, 0.15) is 29.3 Å². The molecular weight excluding hydrogens is 277 g/mol. The maximum atomic E-state index is 6.11. The van der Waals surface area contributed by atoms with Crippen LogP contribution >= 0.6 is 11.6 Å². The quantitative estimate of drug-likeness (QED) is 0.549. The second kappa shape index (κ2) is 3.85.